The lowest BCUT2D eigenvalue weighted by molar-refractivity contribution is 0.474. The Hall–Kier alpha value is -2.36. The topological polar surface area (TPSA) is 58.1 Å². The highest BCUT2D eigenvalue weighted by Crippen LogP contribution is 2.12. The molecule has 0 radical (unpaired) electrons. The van der Waals surface area contributed by atoms with Crippen LogP contribution in [0.3, 0.4) is 0 Å². The first-order valence-electron chi connectivity index (χ1n) is 4.74. The molecule has 4 nitrogen and oxygen atoms in total. The minimum Gasteiger partial charge on any atom is -0.507 e. The van der Waals surface area contributed by atoms with Crippen LogP contribution in [0.1, 0.15) is 11.3 Å². The van der Waals surface area contributed by atoms with Gasteiger partial charge in [0.1, 0.15) is 11.5 Å². The molecule has 0 unspecified atom stereocenters. The lowest BCUT2D eigenvalue weighted by Crippen LogP contribution is -1.80. The van der Waals surface area contributed by atoms with Crippen molar-refractivity contribution in [3.05, 3.63) is 54.0 Å². The van der Waals surface area contributed by atoms with Crippen LogP contribution in [0.2, 0.25) is 0 Å². The summed E-state index contributed by atoms with van der Waals surface area (Å²) in [5.41, 5.74) is 0.624. The highest BCUT2D eigenvalue weighted by molar-refractivity contribution is 5.84. The van der Waals surface area contributed by atoms with Crippen LogP contribution < -0.4 is 0 Å². The van der Waals surface area contributed by atoms with E-state index in [0.29, 0.717) is 11.3 Å². The van der Waals surface area contributed by atoms with Crippen molar-refractivity contribution in [1.82, 2.24) is 0 Å². The maximum absolute atomic E-state index is 9.43. The summed E-state index contributed by atoms with van der Waals surface area (Å²) >= 11 is 0. The van der Waals surface area contributed by atoms with Gasteiger partial charge >= 0.3 is 0 Å². The van der Waals surface area contributed by atoms with Crippen molar-refractivity contribution in [2.24, 2.45) is 10.2 Å². The Bertz CT molecular complexity index is 501. The van der Waals surface area contributed by atoms with Gasteiger partial charge in [-0.05, 0) is 24.3 Å². The van der Waals surface area contributed by atoms with Crippen molar-refractivity contribution < 1.29 is 9.52 Å². The zero-order valence-corrected chi connectivity index (χ0v) is 8.45. The lowest BCUT2D eigenvalue weighted by atomic mass is 10.2. The first-order chi connectivity index (χ1) is 7.86. The van der Waals surface area contributed by atoms with Gasteiger partial charge in [0.25, 0.3) is 0 Å². The third kappa shape index (κ3) is 2.57. The highest BCUT2D eigenvalue weighted by Gasteiger charge is 1.93. The number of hydrogen-bond acceptors (Lipinski definition) is 4. The number of furan rings is 1. The molecule has 1 N–H and O–H groups in total. The molecule has 0 bridgehead atoms. The predicted molar refractivity (Wildman–Crippen MR) is 62.0 cm³/mol. The fourth-order valence-corrected chi connectivity index (χ4v) is 1.15. The van der Waals surface area contributed by atoms with Gasteiger partial charge < -0.3 is 9.52 Å². The monoisotopic (exact) mass is 214 g/mol. The Balaban J connectivity index is 2.03. The molecule has 0 saturated carbocycles. The van der Waals surface area contributed by atoms with E-state index in [-0.39, 0.29) is 5.75 Å². The van der Waals surface area contributed by atoms with Crippen LogP contribution in [0.15, 0.2) is 57.3 Å². The fourth-order valence-electron chi connectivity index (χ4n) is 1.15. The van der Waals surface area contributed by atoms with Gasteiger partial charge in [0.05, 0.1) is 18.7 Å². The molecule has 0 amide bonds. The Morgan fingerprint density at radius 2 is 1.81 bits per heavy atom. The van der Waals surface area contributed by atoms with Crippen LogP contribution in [0.25, 0.3) is 0 Å². The molecule has 2 aromatic rings. The minimum absolute atomic E-state index is 0.180. The summed E-state index contributed by atoms with van der Waals surface area (Å²) in [6, 6.07) is 10.5. The molecule has 1 aromatic heterocycles. The van der Waals surface area contributed by atoms with Crippen LogP contribution in [-0.2, 0) is 0 Å². The van der Waals surface area contributed by atoms with Crippen LogP contribution in [-0.4, -0.2) is 17.5 Å². The molecule has 16 heavy (non-hydrogen) atoms. The third-order valence-corrected chi connectivity index (χ3v) is 1.93. The van der Waals surface area contributed by atoms with E-state index in [1.54, 1.807) is 36.6 Å². The molecule has 0 fully saturated rings. The molecule has 0 aliphatic heterocycles. The Kier molecular flexibility index (Phi) is 3.13. The molecule has 0 aliphatic carbocycles. The number of phenolic OH excluding ortho intramolecular Hbond substituents is 1. The van der Waals surface area contributed by atoms with Crippen molar-refractivity contribution >= 4 is 12.4 Å². The first kappa shape index (κ1) is 10.2. The Morgan fingerprint density at radius 3 is 2.56 bits per heavy atom. The molecule has 2 rings (SSSR count). The van der Waals surface area contributed by atoms with E-state index >= 15 is 0 Å². The van der Waals surface area contributed by atoms with E-state index in [4.69, 9.17) is 4.42 Å². The van der Waals surface area contributed by atoms with Crippen molar-refractivity contribution in [1.29, 1.82) is 0 Å². The summed E-state index contributed by atoms with van der Waals surface area (Å²) in [5, 5.41) is 17.0. The average molecular weight is 214 g/mol. The van der Waals surface area contributed by atoms with E-state index in [1.165, 1.54) is 12.4 Å². The van der Waals surface area contributed by atoms with Gasteiger partial charge in [-0.3, -0.25) is 0 Å². The lowest BCUT2D eigenvalue weighted by Gasteiger charge is -1.94. The van der Waals surface area contributed by atoms with Gasteiger partial charge in [-0.25, -0.2) is 0 Å². The summed E-state index contributed by atoms with van der Waals surface area (Å²) in [6.07, 6.45) is 4.54. The van der Waals surface area contributed by atoms with E-state index in [0.717, 1.165) is 0 Å². The average Bonchev–Trinajstić information content (AvgIpc) is 2.79. The number of rotatable bonds is 3. The molecule has 1 aromatic carbocycles. The summed E-state index contributed by atoms with van der Waals surface area (Å²) in [7, 11) is 0. The Labute approximate surface area is 92.6 Å². The van der Waals surface area contributed by atoms with Gasteiger partial charge in [0.2, 0.25) is 0 Å². The molecule has 0 spiro atoms. The van der Waals surface area contributed by atoms with Crippen LogP contribution in [0.5, 0.6) is 5.75 Å². The standard InChI is InChI=1S/C12H10N2O2/c15-12-6-2-1-4-10(12)8-13-14-9-11-5-3-7-16-11/h1-9,15H/b13-8+,14-9?. The zero-order valence-electron chi connectivity index (χ0n) is 8.45. The molecule has 0 aliphatic rings. The minimum atomic E-state index is 0.180. The number of hydrogen-bond donors (Lipinski definition) is 1. The third-order valence-electron chi connectivity index (χ3n) is 1.93. The number of nitrogens with zero attached hydrogens (tertiary/aromatic N) is 2. The summed E-state index contributed by atoms with van der Waals surface area (Å²) in [6.45, 7) is 0. The first-order valence-corrected chi connectivity index (χ1v) is 4.74. The van der Waals surface area contributed by atoms with Crippen molar-refractivity contribution in [2.75, 3.05) is 0 Å². The molecule has 80 valence electrons. The summed E-state index contributed by atoms with van der Waals surface area (Å²) in [5.74, 6) is 0.814. The molecule has 4 heteroatoms. The number of aromatic hydroxyl groups is 1. The van der Waals surface area contributed by atoms with Crippen molar-refractivity contribution in [3.8, 4) is 5.75 Å². The second-order valence-corrected chi connectivity index (χ2v) is 3.06. The number of phenols is 1. The zero-order chi connectivity index (χ0) is 11.2. The van der Waals surface area contributed by atoms with Gasteiger partial charge in [0.15, 0.2) is 0 Å². The van der Waals surface area contributed by atoms with Gasteiger partial charge in [-0.1, -0.05) is 12.1 Å². The summed E-state index contributed by atoms with van der Waals surface area (Å²) in [4.78, 5) is 0. The molecule has 1 heterocycles. The maximum atomic E-state index is 9.43. The molecular weight excluding hydrogens is 204 g/mol. The van der Waals surface area contributed by atoms with Crippen LogP contribution in [0.4, 0.5) is 0 Å². The normalized spacial score (nSPS) is 11.5. The maximum Gasteiger partial charge on any atom is 0.146 e. The Morgan fingerprint density at radius 1 is 1.00 bits per heavy atom. The fraction of sp³-hybridized carbons (Fsp3) is 0. The van der Waals surface area contributed by atoms with E-state index < -0.39 is 0 Å². The van der Waals surface area contributed by atoms with Gasteiger partial charge in [-0.15, -0.1) is 0 Å². The highest BCUT2D eigenvalue weighted by atomic mass is 16.3. The SMILES string of the molecule is Oc1ccccc1/C=N/N=Cc1ccco1. The van der Waals surface area contributed by atoms with Crippen molar-refractivity contribution in [2.45, 2.75) is 0 Å². The smallest absolute Gasteiger partial charge is 0.146 e. The molecule has 0 saturated heterocycles. The van der Waals surface area contributed by atoms with E-state index in [9.17, 15) is 5.11 Å². The van der Waals surface area contributed by atoms with Crippen LogP contribution >= 0.6 is 0 Å². The van der Waals surface area contributed by atoms with E-state index in [2.05, 4.69) is 10.2 Å². The second-order valence-electron chi connectivity index (χ2n) is 3.06. The predicted octanol–water partition coefficient (Wildman–Crippen LogP) is 2.44. The molecular formula is C12H10N2O2. The number of benzene rings is 1. The quantitative estimate of drug-likeness (QED) is 0.630. The van der Waals surface area contributed by atoms with Gasteiger partial charge in [-0.2, -0.15) is 10.2 Å². The van der Waals surface area contributed by atoms with E-state index in [1.807, 2.05) is 6.07 Å². The largest absolute Gasteiger partial charge is 0.507 e. The second kappa shape index (κ2) is 4.93. The van der Waals surface area contributed by atoms with Crippen LogP contribution in [0, 0.1) is 0 Å². The number of para-hydroxylation sites is 1. The van der Waals surface area contributed by atoms with Crippen molar-refractivity contribution in [3.63, 3.8) is 0 Å². The molecule has 0 atom stereocenters. The van der Waals surface area contributed by atoms with Gasteiger partial charge in [0, 0.05) is 5.56 Å². The summed E-state index contributed by atoms with van der Waals surface area (Å²) < 4.78 is 5.04.